The fraction of sp³-hybridized carbons (Fsp3) is 0.462. The predicted octanol–water partition coefficient (Wildman–Crippen LogP) is 2.50. The monoisotopic (exact) mass is 254 g/mol. The third-order valence-electron chi connectivity index (χ3n) is 2.98. The number of halogens is 1. The molecule has 18 heavy (non-hydrogen) atoms. The topological polar surface area (TPSA) is 61.4 Å². The summed E-state index contributed by atoms with van der Waals surface area (Å²) in [7, 11) is 0. The van der Waals surface area contributed by atoms with Gasteiger partial charge < -0.3 is 15.7 Å². The minimum atomic E-state index is -0.496. The zero-order chi connectivity index (χ0) is 13.6. The molecule has 1 atom stereocenters. The SMILES string of the molecule is CCC(C)(CCO)NC(=O)Nc1ccccc1F. The van der Waals surface area contributed by atoms with E-state index in [4.69, 9.17) is 5.11 Å². The number of rotatable bonds is 5. The Morgan fingerprint density at radius 3 is 2.67 bits per heavy atom. The maximum atomic E-state index is 13.3. The number of anilines is 1. The van der Waals surface area contributed by atoms with E-state index in [1.807, 2.05) is 13.8 Å². The molecule has 2 amide bonds. The number of aliphatic hydroxyl groups is 1. The van der Waals surface area contributed by atoms with Gasteiger partial charge in [0.05, 0.1) is 5.69 Å². The van der Waals surface area contributed by atoms with E-state index in [-0.39, 0.29) is 12.3 Å². The number of nitrogens with one attached hydrogen (secondary N) is 2. The number of aliphatic hydroxyl groups excluding tert-OH is 1. The van der Waals surface area contributed by atoms with Crippen LogP contribution in [-0.4, -0.2) is 23.3 Å². The van der Waals surface area contributed by atoms with E-state index >= 15 is 0 Å². The number of para-hydroxylation sites is 1. The summed E-state index contributed by atoms with van der Waals surface area (Å²) in [6, 6.07) is 5.50. The van der Waals surface area contributed by atoms with Gasteiger partial charge in [0.2, 0.25) is 0 Å². The first kappa shape index (κ1) is 14.4. The maximum absolute atomic E-state index is 13.3. The first-order valence-corrected chi connectivity index (χ1v) is 5.95. The molecule has 1 aromatic carbocycles. The van der Waals surface area contributed by atoms with Crippen LogP contribution in [0.4, 0.5) is 14.9 Å². The van der Waals surface area contributed by atoms with Crippen molar-refractivity contribution in [1.29, 1.82) is 0 Å². The van der Waals surface area contributed by atoms with Crippen LogP contribution in [0.15, 0.2) is 24.3 Å². The van der Waals surface area contributed by atoms with E-state index in [9.17, 15) is 9.18 Å². The van der Waals surface area contributed by atoms with Gasteiger partial charge in [-0.15, -0.1) is 0 Å². The van der Waals surface area contributed by atoms with Crippen LogP contribution in [0.25, 0.3) is 0 Å². The Morgan fingerprint density at radius 2 is 2.11 bits per heavy atom. The van der Waals surface area contributed by atoms with E-state index < -0.39 is 17.4 Å². The Labute approximate surface area is 106 Å². The van der Waals surface area contributed by atoms with Crippen molar-refractivity contribution < 1.29 is 14.3 Å². The van der Waals surface area contributed by atoms with Gasteiger partial charge in [-0.3, -0.25) is 0 Å². The molecule has 4 nitrogen and oxygen atoms in total. The summed E-state index contributed by atoms with van der Waals surface area (Å²) in [5.41, 5.74) is -0.359. The van der Waals surface area contributed by atoms with Crippen LogP contribution in [0, 0.1) is 5.82 Å². The smallest absolute Gasteiger partial charge is 0.319 e. The normalized spacial score (nSPS) is 13.8. The number of urea groups is 1. The highest BCUT2D eigenvalue weighted by atomic mass is 19.1. The lowest BCUT2D eigenvalue weighted by Crippen LogP contribution is -2.48. The van der Waals surface area contributed by atoms with Crippen molar-refractivity contribution >= 4 is 11.7 Å². The van der Waals surface area contributed by atoms with Crippen LogP contribution in [0.2, 0.25) is 0 Å². The second-order valence-electron chi connectivity index (χ2n) is 4.45. The highest BCUT2D eigenvalue weighted by Gasteiger charge is 2.23. The molecule has 1 aromatic rings. The molecule has 3 N–H and O–H groups in total. The Balaban J connectivity index is 2.64. The molecule has 5 heteroatoms. The first-order chi connectivity index (χ1) is 8.50. The molecule has 1 unspecified atom stereocenters. The van der Waals surface area contributed by atoms with Gasteiger partial charge in [-0.05, 0) is 31.9 Å². The first-order valence-electron chi connectivity index (χ1n) is 5.95. The molecule has 0 heterocycles. The van der Waals surface area contributed by atoms with Crippen LogP contribution in [0.5, 0.6) is 0 Å². The lowest BCUT2D eigenvalue weighted by molar-refractivity contribution is 0.208. The Hall–Kier alpha value is -1.62. The molecule has 0 aliphatic heterocycles. The van der Waals surface area contributed by atoms with Gasteiger partial charge in [0.15, 0.2) is 0 Å². The van der Waals surface area contributed by atoms with Crippen molar-refractivity contribution in [2.24, 2.45) is 0 Å². The molecular weight excluding hydrogens is 235 g/mol. The fourth-order valence-corrected chi connectivity index (χ4v) is 1.56. The van der Waals surface area contributed by atoms with Crippen molar-refractivity contribution in [3.63, 3.8) is 0 Å². The van der Waals surface area contributed by atoms with E-state index in [1.165, 1.54) is 12.1 Å². The summed E-state index contributed by atoms with van der Waals surface area (Å²) < 4.78 is 13.3. The number of carbonyl (C=O) groups excluding carboxylic acids is 1. The van der Waals surface area contributed by atoms with Crippen molar-refractivity contribution in [1.82, 2.24) is 5.32 Å². The third kappa shape index (κ3) is 4.00. The third-order valence-corrected chi connectivity index (χ3v) is 2.98. The molecule has 0 saturated heterocycles. The number of hydrogen-bond acceptors (Lipinski definition) is 2. The molecule has 0 saturated carbocycles. The molecule has 0 radical (unpaired) electrons. The number of benzene rings is 1. The summed E-state index contributed by atoms with van der Waals surface area (Å²) in [4.78, 5) is 11.7. The van der Waals surface area contributed by atoms with Crippen LogP contribution in [0.1, 0.15) is 26.7 Å². The van der Waals surface area contributed by atoms with Gasteiger partial charge >= 0.3 is 6.03 Å². The fourth-order valence-electron chi connectivity index (χ4n) is 1.56. The van der Waals surface area contributed by atoms with Gasteiger partial charge in [0.25, 0.3) is 0 Å². The molecule has 0 aliphatic carbocycles. The van der Waals surface area contributed by atoms with Crippen molar-refractivity contribution in [2.45, 2.75) is 32.2 Å². The average molecular weight is 254 g/mol. The Kier molecular flexibility index (Phi) is 5.09. The second kappa shape index (κ2) is 6.35. The zero-order valence-electron chi connectivity index (χ0n) is 10.7. The summed E-state index contributed by atoms with van der Waals surface area (Å²) in [5, 5.41) is 14.1. The van der Waals surface area contributed by atoms with Crippen molar-refractivity contribution in [3.05, 3.63) is 30.1 Å². The Bertz CT molecular complexity index is 412. The lowest BCUT2D eigenvalue weighted by Gasteiger charge is -2.29. The molecule has 0 spiro atoms. The maximum Gasteiger partial charge on any atom is 0.319 e. The van der Waals surface area contributed by atoms with Crippen LogP contribution in [-0.2, 0) is 0 Å². The number of carbonyl (C=O) groups is 1. The average Bonchev–Trinajstić information content (AvgIpc) is 2.32. The van der Waals surface area contributed by atoms with Gasteiger partial charge in [-0.2, -0.15) is 0 Å². The van der Waals surface area contributed by atoms with Gasteiger partial charge in [-0.1, -0.05) is 19.1 Å². The van der Waals surface area contributed by atoms with Gasteiger partial charge in [-0.25, -0.2) is 9.18 Å². The van der Waals surface area contributed by atoms with Crippen LogP contribution >= 0.6 is 0 Å². The highest BCUT2D eigenvalue weighted by Crippen LogP contribution is 2.16. The van der Waals surface area contributed by atoms with Crippen molar-refractivity contribution in [2.75, 3.05) is 11.9 Å². The molecule has 0 aliphatic rings. The number of amides is 2. The summed E-state index contributed by atoms with van der Waals surface area (Å²) >= 11 is 0. The van der Waals surface area contributed by atoms with Gasteiger partial charge in [0.1, 0.15) is 5.82 Å². The largest absolute Gasteiger partial charge is 0.396 e. The quantitative estimate of drug-likeness (QED) is 0.756. The van der Waals surface area contributed by atoms with E-state index in [0.29, 0.717) is 12.8 Å². The molecule has 0 fully saturated rings. The summed E-state index contributed by atoms with van der Waals surface area (Å²) in [6.45, 7) is 3.74. The molecule has 0 bridgehead atoms. The number of hydrogen-bond donors (Lipinski definition) is 3. The van der Waals surface area contributed by atoms with E-state index in [0.717, 1.165) is 0 Å². The van der Waals surface area contributed by atoms with Crippen molar-refractivity contribution in [3.8, 4) is 0 Å². The molecule has 1 rings (SSSR count). The highest BCUT2D eigenvalue weighted by molar-refractivity contribution is 5.89. The lowest BCUT2D eigenvalue weighted by atomic mass is 9.95. The minimum absolute atomic E-state index is 0.00961. The van der Waals surface area contributed by atoms with Crippen LogP contribution < -0.4 is 10.6 Å². The predicted molar refractivity (Wildman–Crippen MR) is 69.0 cm³/mol. The molecule has 100 valence electrons. The summed E-state index contributed by atoms with van der Waals surface area (Å²) in [5.74, 6) is -0.479. The second-order valence-corrected chi connectivity index (χ2v) is 4.45. The molecule has 0 aromatic heterocycles. The van der Waals surface area contributed by atoms with Crippen LogP contribution in [0.3, 0.4) is 0 Å². The molecular formula is C13H19FN2O2. The van der Waals surface area contributed by atoms with Gasteiger partial charge in [0, 0.05) is 12.1 Å². The summed E-state index contributed by atoms with van der Waals surface area (Å²) in [6.07, 6.45) is 1.13. The van der Waals surface area contributed by atoms with E-state index in [1.54, 1.807) is 12.1 Å². The zero-order valence-corrected chi connectivity index (χ0v) is 10.7. The van der Waals surface area contributed by atoms with E-state index in [2.05, 4.69) is 10.6 Å². The minimum Gasteiger partial charge on any atom is -0.396 e. The Morgan fingerprint density at radius 1 is 1.44 bits per heavy atom. The standard InChI is InChI=1S/C13H19FN2O2/c1-3-13(2,8-9-17)16-12(18)15-11-7-5-4-6-10(11)14/h4-7,17H,3,8-9H2,1-2H3,(H2,15,16,18).